The van der Waals surface area contributed by atoms with Gasteiger partial charge in [-0.25, -0.2) is 8.78 Å². The van der Waals surface area contributed by atoms with Crippen LogP contribution in [0.1, 0.15) is 19.8 Å². The third kappa shape index (κ3) is 2.98. The number of hydrogen-bond donors (Lipinski definition) is 0. The molecule has 13 heavy (non-hydrogen) atoms. The molecule has 0 N–H and O–H groups in total. The predicted molar refractivity (Wildman–Crippen MR) is 50.5 cm³/mol. The first-order chi connectivity index (χ1) is 6.24. The summed E-state index contributed by atoms with van der Waals surface area (Å²) in [6.07, 6.45) is 8.33. The predicted octanol–water partition coefficient (Wildman–Crippen LogP) is 3.99. The van der Waals surface area contributed by atoms with Gasteiger partial charge in [0.2, 0.25) is 0 Å². The molecule has 0 aromatic heterocycles. The van der Waals surface area contributed by atoms with E-state index in [0.29, 0.717) is 18.4 Å². The van der Waals surface area contributed by atoms with Crippen LogP contribution in [-0.2, 0) is 0 Å². The summed E-state index contributed by atoms with van der Waals surface area (Å²) in [7, 11) is 0. The smallest absolute Gasteiger partial charge is 0.122 e. The van der Waals surface area contributed by atoms with E-state index in [1.165, 1.54) is 24.3 Å². The fraction of sp³-hybridized carbons (Fsp3) is 0.273. The lowest BCUT2D eigenvalue weighted by Gasteiger charge is -1.98. The molecule has 0 saturated heterocycles. The number of rotatable bonds is 2. The fourth-order valence-corrected chi connectivity index (χ4v) is 1.09. The first-order valence-electron chi connectivity index (χ1n) is 4.33. The Morgan fingerprint density at radius 3 is 3.00 bits per heavy atom. The topological polar surface area (TPSA) is 0 Å². The highest BCUT2D eigenvalue weighted by molar-refractivity contribution is 5.35. The Morgan fingerprint density at radius 1 is 1.54 bits per heavy atom. The van der Waals surface area contributed by atoms with Gasteiger partial charge in [0, 0.05) is 0 Å². The van der Waals surface area contributed by atoms with E-state index in [1.807, 2.05) is 6.92 Å². The lowest BCUT2D eigenvalue weighted by molar-refractivity contribution is 0.641. The molecule has 0 aromatic carbocycles. The Kier molecular flexibility index (Phi) is 3.62. The van der Waals surface area contributed by atoms with Crippen molar-refractivity contribution in [1.29, 1.82) is 0 Å². The van der Waals surface area contributed by atoms with Crippen molar-refractivity contribution in [2.45, 2.75) is 19.8 Å². The Hall–Kier alpha value is -1.18. The molecule has 1 aliphatic rings. The molecule has 0 spiro atoms. The van der Waals surface area contributed by atoms with Crippen LogP contribution in [0.3, 0.4) is 0 Å². The van der Waals surface area contributed by atoms with Crippen LogP contribution < -0.4 is 0 Å². The Labute approximate surface area is 77.0 Å². The van der Waals surface area contributed by atoms with Gasteiger partial charge in [-0.15, -0.1) is 0 Å². The van der Waals surface area contributed by atoms with Crippen LogP contribution in [0.25, 0.3) is 0 Å². The van der Waals surface area contributed by atoms with E-state index in [0.717, 1.165) is 0 Å². The standard InChI is InChI=1S/C11H12F2/c1-2-4-11(13)9-5-3-6-10(12)8-7-9/h3-4,6-8H,2,5H2,1H3/b11-4-. The van der Waals surface area contributed by atoms with Gasteiger partial charge in [0.25, 0.3) is 0 Å². The zero-order valence-electron chi connectivity index (χ0n) is 7.56. The lowest BCUT2D eigenvalue weighted by atomic mass is 10.1. The molecule has 70 valence electrons. The minimum atomic E-state index is -0.334. The van der Waals surface area contributed by atoms with Crippen molar-refractivity contribution in [1.82, 2.24) is 0 Å². The molecule has 0 saturated carbocycles. The Morgan fingerprint density at radius 2 is 2.31 bits per heavy atom. The van der Waals surface area contributed by atoms with E-state index >= 15 is 0 Å². The van der Waals surface area contributed by atoms with Crippen molar-refractivity contribution in [2.75, 3.05) is 0 Å². The van der Waals surface area contributed by atoms with Crippen molar-refractivity contribution < 1.29 is 8.78 Å². The van der Waals surface area contributed by atoms with Crippen molar-refractivity contribution >= 4 is 0 Å². The summed E-state index contributed by atoms with van der Waals surface area (Å²) in [6, 6.07) is 0. The molecule has 1 rings (SSSR count). The van der Waals surface area contributed by atoms with E-state index in [-0.39, 0.29) is 11.7 Å². The summed E-state index contributed by atoms with van der Waals surface area (Å²) in [6.45, 7) is 1.86. The van der Waals surface area contributed by atoms with E-state index in [4.69, 9.17) is 0 Å². The summed E-state index contributed by atoms with van der Waals surface area (Å²) in [4.78, 5) is 0. The zero-order valence-corrected chi connectivity index (χ0v) is 7.56. The van der Waals surface area contributed by atoms with E-state index in [9.17, 15) is 8.78 Å². The number of halogens is 2. The average Bonchev–Trinajstić information content (AvgIpc) is 2.30. The maximum Gasteiger partial charge on any atom is 0.122 e. The molecule has 1 aliphatic carbocycles. The van der Waals surface area contributed by atoms with Gasteiger partial charge in [-0.3, -0.25) is 0 Å². The fourth-order valence-electron chi connectivity index (χ4n) is 1.09. The second kappa shape index (κ2) is 4.75. The maximum atomic E-state index is 13.2. The number of allylic oxidation sites excluding steroid dienone is 8. The van der Waals surface area contributed by atoms with Gasteiger partial charge in [-0.05, 0) is 36.6 Å². The summed E-state index contributed by atoms with van der Waals surface area (Å²) < 4.78 is 25.9. The second-order valence-electron chi connectivity index (χ2n) is 2.81. The van der Waals surface area contributed by atoms with E-state index in [2.05, 4.69) is 0 Å². The van der Waals surface area contributed by atoms with Crippen LogP contribution in [0, 0.1) is 0 Å². The second-order valence-corrected chi connectivity index (χ2v) is 2.81. The average molecular weight is 182 g/mol. The van der Waals surface area contributed by atoms with Gasteiger partial charge in [0.15, 0.2) is 0 Å². The summed E-state index contributed by atoms with van der Waals surface area (Å²) in [5, 5.41) is 0. The molecule has 0 amide bonds. The largest absolute Gasteiger partial charge is 0.207 e. The van der Waals surface area contributed by atoms with Crippen molar-refractivity contribution in [3.05, 3.63) is 47.6 Å². The highest BCUT2D eigenvalue weighted by Gasteiger charge is 2.03. The van der Waals surface area contributed by atoms with E-state index < -0.39 is 0 Å². The third-order valence-corrected chi connectivity index (χ3v) is 1.75. The molecular weight excluding hydrogens is 170 g/mol. The first kappa shape index (κ1) is 9.90. The van der Waals surface area contributed by atoms with E-state index in [1.54, 1.807) is 6.08 Å². The quantitative estimate of drug-likeness (QED) is 0.605. The lowest BCUT2D eigenvalue weighted by Crippen LogP contribution is -1.81. The number of hydrogen-bond acceptors (Lipinski definition) is 0. The summed E-state index contributed by atoms with van der Waals surface area (Å²) in [5.74, 6) is -0.586. The highest BCUT2D eigenvalue weighted by atomic mass is 19.1. The van der Waals surface area contributed by atoms with Crippen LogP contribution in [0.5, 0.6) is 0 Å². The normalized spacial score (nSPS) is 17.9. The highest BCUT2D eigenvalue weighted by Crippen LogP contribution is 2.20. The van der Waals surface area contributed by atoms with Crippen LogP contribution in [0.4, 0.5) is 8.78 Å². The molecular formula is C11H12F2. The summed E-state index contributed by atoms with van der Waals surface area (Å²) >= 11 is 0. The first-order valence-corrected chi connectivity index (χ1v) is 4.33. The van der Waals surface area contributed by atoms with Gasteiger partial charge in [0.05, 0.1) is 0 Å². The zero-order chi connectivity index (χ0) is 9.68. The van der Waals surface area contributed by atoms with Crippen molar-refractivity contribution in [3.8, 4) is 0 Å². The molecule has 0 aliphatic heterocycles. The molecule has 0 unspecified atom stereocenters. The molecule has 0 radical (unpaired) electrons. The maximum absolute atomic E-state index is 13.2. The monoisotopic (exact) mass is 182 g/mol. The van der Waals surface area contributed by atoms with Crippen LogP contribution in [0.2, 0.25) is 0 Å². The van der Waals surface area contributed by atoms with Crippen LogP contribution >= 0.6 is 0 Å². The Bertz CT molecular complexity index is 293. The van der Waals surface area contributed by atoms with Crippen LogP contribution in [-0.4, -0.2) is 0 Å². The van der Waals surface area contributed by atoms with Crippen molar-refractivity contribution in [2.24, 2.45) is 0 Å². The van der Waals surface area contributed by atoms with Crippen LogP contribution in [0.15, 0.2) is 47.6 Å². The molecule has 0 nitrogen and oxygen atoms in total. The Balaban J connectivity index is 2.83. The van der Waals surface area contributed by atoms with Gasteiger partial charge in [-0.1, -0.05) is 19.1 Å². The minimum absolute atomic E-state index is 0.252. The van der Waals surface area contributed by atoms with Gasteiger partial charge >= 0.3 is 0 Å². The minimum Gasteiger partial charge on any atom is -0.207 e. The van der Waals surface area contributed by atoms with Gasteiger partial charge in [-0.2, -0.15) is 0 Å². The summed E-state index contributed by atoms with van der Waals surface area (Å²) in [5.41, 5.74) is 0.533. The molecule has 2 heteroatoms. The SMILES string of the molecule is CC/C=C(\F)C1=CC=C(F)C=CC1. The van der Waals surface area contributed by atoms with Gasteiger partial charge < -0.3 is 0 Å². The molecule has 0 aromatic rings. The molecule has 0 fully saturated rings. The molecule has 0 atom stereocenters. The molecule has 0 heterocycles. The molecule has 0 bridgehead atoms. The van der Waals surface area contributed by atoms with Crippen molar-refractivity contribution in [3.63, 3.8) is 0 Å². The van der Waals surface area contributed by atoms with Gasteiger partial charge in [0.1, 0.15) is 11.7 Å². The third-order valence-electron chi connectivity index (χ3n) is 1.75.